The topological polar surface area (TPSA) is 128 Å². The van der Waals surface area contributed by atoms with Gasteiger partial charge in [-0.15, -0.1) is 0 Å². The molecule has 182 valence electrons. The smallest absolute Gasteiger partial charge is 0.303 e. The number of piperidine rings is 2. The van der Waals surface area contributed by atoms with Gasteiger partial charge < -0.3 is 35.8 Å². The summed E-state index contributed by atoms with van der Waals surface area (Å²) in [5.74, 6) is 0.768. The third-order valence-electron chi connectivity index (χ3n) is 7.31. The van der Waals surface area contributed by atoms with Gasteiger partial charge in [0.25, 0.3) is 0 Å². The standard InChI is InChI=1S/C24H36N4O4S/c1-24(2,15-29)23(32)22-20-9-8-18(28(22)26)19(27(20)25)11-13-33-12-10-17(14-21(30)31)16-6-4-3-5-7-16/h3-7,17-20,22-23,29,32H,8-15H2,1-2H3,(H,30,31). The second-order valence-electron chi connectivity index (χ2n) is 10.0. The number of nitrogens with zero attached hydrogens (tertiary/aromatic N) is 4. The number of carboxylic acids is 1. The van der Waals surface area contributed by atoms with E-state index < -0.39 is 29.6 Å². The number of aliphatic hydroxyl groups excluding tert-OH is 2. The normalized spacial score (nSPS) is 26.9. The molecular formula is C24H36N4O4S. The highest BCUT2D eigenvalue weighted by molar-refractivity contribution is 7.99. The van der Waals surface area contributed by atoms with Crippen LogP contribution in [-0.2, 0) is 4.79 Å². The fourth-order valence-corrected chi connectivity index (χ4v) is 6.27. The molecule has 0 aromatic heterocycles. The van der Waals surface area contributed by atoms with Gasteiger partial charge in [-0.05, 0) is 29.4 Å². The van der Waals surface area contributed by atoms with Crippen LogP contribution < -0.4 is 0 Å². The summed E-state index contributed by atoms with van der Waals surface area (Å²) < 4.78 is 2.54. The zero-order chi connectivity index (χ0) is 24.2. The molecule has 1 aromatic carbocycles. The fraction of sp³-hybridized carbons (Fsp3) is 0.708. The monoisotopic (exact) mass is 476 g/mol. The van der Waals surface area contributed by atoms with Gasteiger partial charge in [-0.3, -0.25) is 4.79 Å². The van der Waals surface area contributed by atoms with E-state index in [1.165, 1.54) is 9.39 Å². The largest absolute Gasteiger partial charge is 0.506 e. The van der Waals surface area contributed by atoms with E-state index in [2.05, 4.69) is 0 Å². The van der Waals surface area contributed by atoms with E-state index in [1.54, 1.807) is 25.6 Å². The number of benzene rings is 1. The van der Waals surface area contributed by atoms with Gasteiger partial charge in [-0.1, -0.05) is 44.2 Å². The quantitative estimate of drug-likeness (QED) is 0.314. The summed E-state index contributed by atoms with van der Waals surface area (Å²) in [5, 5.41) is 29.7. The Labute approximate surface area is 200 Å². The van der Waals surface area contributed by atoms with E-state index in [0.717, 1.165) is 29.9 Å². The first-order valence-electron chi connectivity index (χ1n) is 11.7. The number of hydrogen-bond acceptors (Lipinski definition) is 4. The Kier molecular flexibility index (Phi) is 8.64. The molecule has 0 saturated carbocycles. The number of carboxylic acid groups (broad SMARTS) is 1. The van der Waals surface area contributed by atoms with Crippen molar-refractivity contribution in [3.8, 4) is 0 Å². The molecule has 6 atom stereocenters. The molecule has 9 heteroatoms. The molecule has 1 aromatic rings. The second-order valence-corrected chi connectivity index (χ2v) is 11.2. The molecule has 8 nitrogen and oxygen atoms in total. The molecule has 4 rings (SSSR count). The number of piperazine rings is 1. The Morgan fingerprint density at radius 2 is 1.82 bits per heavy atom. The van der Waals surface area contributed by atoms with Crippen LogP contribution in [0.15, 0.2) is 30.3 Å². The van der Waals surface area contributed by atoms with Crippen molar-refractivity contribution in [1.82, 2.24) is 0 Å². The van der Waals surface area contributed by atoms with Crippen LogP contribution in [0, 0.1) is 5.41 Å². The fourth-order valence-electron chi connectivity index (χ4n) is 5.21. The summed E-state index contributed by atoms with van der Waals surface area (Å²) in [6, 6.07) is 8.17. The number of rotatable bonds is 12. The average molecular weight is 477 g/mol. The molecule has 3 saturated heterocycles. The second kappa shape index (κ2) is 11.1. The van der Waals surface area contributed by atoms with E-state index in [0.29, 0.717) is 12.8 Å². The van der Waals surface area contributed by atoms with Crippen molar-refractivity contribution in [2.24, 2.45) is 5.41 Å². The van der Waals surface area contributed by atoms with Crippen molar-refractivity contribution in [1.29, 1.82) is 0 Å². The lowest BCUT2D eigenvalue weighted by Gasteiger charge is -2.48. The van der Waals surface area contributed by atoms with E-state index >= 15 is 0 Å². The van der Waals surface area contributed by atoms with Crippen LogP contribution in [0.3, 0.4) is 0 Å². The van der Waals surface area contributed by atoms with Crippen molar-refractivity contribution in [2.45, 2.75) is 82.1 Å². The van der Waals surface area contributed by atoms with Crippen molar-refractivity contribution >= 4 is 17.7 Å². The summed E-state index contributed by atoms with van der Waals surface area (Å²) in [5.41, 5.74) is 22.0. The highest BCUT2D eigenvalue weighted by atomic mass is 32.2. The van der Waals surface area contributed by atoms with Crippen LogP contribution in [-0.4, -0.2) is 79.1 Å². The molecule has 3 aliphatic rings. The third-order valence-corrected chi connectivity index (χ3v) is 8.36. The van der Waals surface area contributed by atoms with Crippen LogP contribution in [0.25, 0.3) is 11.1 Å². The molecule has 0 amide bonds. The first-order chi connectivity index (χ1) is 15.7. The summed E-state index contributed by atoms with van der Waals surface area (Å²) in [6.45, 7) is 3.28. The van der Waals surface area contributed by atoms with Gasteiger partial charge in [-0.2, -0.15) is 11.8 Å². The lowest BCUT2D eigenvalue weighted by molar-refractivity contribution is -0.798. The summed E-state index contributed by atoms with van der Waals surface area (Å²) in [6.07, 6.45) is 1.99. The molecule has 3 heterocycles. The summed E-state index contributed by atoms with van der Waals surface area (Å²) >= 11 is 1.73. The number of carbonyl (C=O) groups is 1. The number of thioether (sulfide) groups is 1. The zero-order valence-electron chi connectivity index (χ0n) is 19.5. The Morgan fingerprint density at radius 3 is 2.45 bits per heavy atom. The van der Waals surface area contributed by atoms with Crippen molar-refractivity contribution in [3.63, 3.8) is 0 Å². The van der Waals surface area contributed by atoms with Crippen molar-refractivity contribution < 1.29 is 29.5 Å². The minimum Gasteiger partial charge on any atom is -0.506 e. The maximum Gasteiger partial charge on any atom is 0.303 e. The molecule has 33 heavy (non-hydrogen) atoms. The molecule has 3 N–H and O–H groups in total. The minimum atomic E-state index is -0.977. The van der Waals surface area contributed by atoms with E-state index in [-0.39, 0.29) is 31.0 Å². The van der Waals surface area contributed by atoms with Crippen LogP contribution in [0.1, 0.15) is 57.4 Å². The van der Waals surface area contributed by atoms with Crippen LogP contribution in [0.4, 0.5) is 0 Å². The molecule has 2 bridgehead atoms. The highest BCUT2D eigenvalue weighted by Gasteiger charge is 2.59. The zero-order valence-corrected chi connectivity index (χ0v) is 20.3. The Balaban J connectivity index is 1.53. The van der Waals surface area contributed by atoms with Gasteiger partial charge in [0.05, 0.1) is 13.0 Å². The van der Waals surface area contributed by atoms with Gasteiger partial charge in [0, 0.05) is 24.7 Å². The number of aliphatic hydroxyl groups is 2. The van der Waals surface area contributed by atoms with Gasteiger partial charge in [0.15, 0.2) is 0 Å². The van der Waals surface area contributed by atoms with Gasteiger partial charge in [0.2, 0.25) is 24.2 Å². The van der Waals surface area contributed by atoms with Crippen LogP contribution >= 0.6 is 11.8 Å². The first kappa shape index (κ1) is 25.8. The van der Waals surface area contributed by atoms with E-state index in [1.807, 2.05) is 30.3 Å². The molecular weight excluding hydrogens is 440 g/mol. The first-order valence-corrected chi connectivity index (χ1v) is 12.9. The number of aliphatic carboxylic acids is 1. The maximum atomic E-state index is 11.3. The number of hydrogen-bond donors (Lipinski definition) is 3. The minimum absolute atomic E-state index is 0.0266. The molecule has 6 unspecified atom stereocenters. The van der Waals surface area contributed by atoms with Crippen LogP contribution in [0.5, 0.6) is 0 Å². The predicted molar refractivity (Wildman–Crippen MR) is 126 cm³/mol. The molecule has 3 fully saturated rings. The van der Waals surface area contributed by atoms with Gasteiger partial charge in [0.1, 0.15) is 6.10 Å². The highest BCUT2D eigenvalue weighted by Crippen LogP contribution is 2.39. The van der Waals surface area contributed by atoms with Crippen molar-refractivity contribution in [2.75, 3.05) is 18.1 Å². The number of fused-ring (bicyclic) bond motifs is 3. The average Bonchev–Trinajstić information content (AvgIpc) is 2.80. The molecule has 0 spiro atoms. The van der Waals surface area contributed by atoms with Crippen molar-refractivity contribution in [3.05, 3.63) is 47.0 Å². The molecule has 3 aliphatic heterocycles. The Morgan fingerprint density at radius 1 is 1.15 bits per heavy atom. The molecule has 0 aliphatic carbocycles. The van der Waals surface area contributed by atoms with E-state index in [9.17, 15) is 31.2 Å². The van der Waals surface area contributed by atoms with Crippen LogP contribution in [0.2, 0.25) is 0 Å². The molecule has 0 radical (unpaired) electrons. The lowest BCUT2D eigenvalue weighted by atomic mass is 9.74. The van der Waals surface area contributed by atoms with Gasteiger partial charge in [-0.25, -0.2) is 0 Å². The van der Waals surface area contributed by atoms with E-state index in [4.69, 9.17) is 0 Å². The van der Waals surface area contributed by atoms with Gasteiger partial charge >= 0.3 is 5.97 Å². The third kappa shape index (κ3) is 5.81. The predicted octanol–water partition coefficient (Wildman–Crippen LogP) is 3.49. The SMILES string of the molecule is CC(C)(CO)C(O)C1C2CCC(C(CCSCCC(CC(=O)O)c3ccccc3)[N+]2=[N-])[N+]1=[N-]. The maximum absolute atomic E-state index is 11.3. The lowest BCUT2D eigenvalue weighted by Crippen LogP contribution is -2.69. The summed E-state index contributed by atoms with van der Waals surface area (Å²) in [4.78, 5) is 11.3. The Bertz CT molecular complexity index is 850. The summed E-state index contributed by atoms with van der Waals surface area (Å²) in [7, 11) is 0. The Hall–Kier alpha value is -1.84.